The fourth-order valence-electron chi connectivity index (χ4n) is 2.56. The van der Waals surface area contributed by atoms with E-state index in [-0.39, 0.29) is 23.3 Å². The predicted octanol–water partition coefficient (Wildman–Crippen LogP) is 2.83. The standard InChI is InChI=1S/C13H17NO3/c1-8-6-9(2-5-12(8)14-17)11-4-3-10(15)7-13(11)16/h3-4,7-9,15-17H,2,5-6H2,1H3/b14-12-. The van der Waals surface area contributed by atoms with Crippen molar-refractivity contribution >= 4 is 5.71 Å². The Morgan fingerprint density at radius 3 is 2.65 bits per heavy atom. The van der Waals surface area contributed by atoms with Gasteiger partial charge in [-0.3, -0.25) is 0 Å². The Labute approximate surface area is 100 Å². The summed E-state index contributed by atoms with van der Waals surface area (Å²) in [6.07, 6.45) is 2.47. The van der Waals surface area contributed by atoms with Crippen molar-refractivity contribution in [3.8, 4) is 11.5 Å². The van der Waals surface area contributed by atoms with E-state index in [2.05, 4.69) is 5.16 Å². The first-order valence-electron chi connectivity index (χ1n) is 5.84. The molecule has 0 aromatic heterocycles. The summed E-state index contributed by atoms with van der Waals surface area (Å²) in [5.41, 5.74) is 1.70. The van der Waals surface area contributed by atoms with Crippen LogP contribution in [-0.4, -0.2) is 21.1 Å². The molecular weight excluding hydrogens is 218 g/mol. The van der Waals surface area contributed by atoms with Crippen LogP contribution in [0.3, 0.4) is 0 Å². The minimum Gasteiger partial charge on any atom is -0.508 e. The summed E-state index contributed by atoms with van der Waals surface area (Å²) in [6, 6.07) is 4.73. The number of phenols is 2. The van der Waals surface area contributed by atoms with Crippen molar-refractivity contribution in [3.05, 3.63) is 23.8 Å². The van der Waals surface area contributed by atoms with Crippen molar-refractivity contribution in [3.63, 3.8) is 0 Å². The number of benzene rings is 1. The fraction of sp³-hybridized carbons (Fsp3) is 0.462. The molecule has 0 spiro atoms. The smallest absolute Gasteiger partial charge is 0.122 e. The Morgan fingerprint density at radius 2 is 2.06 bits per heavy atom. The molecule has 0 saturated heterocycles. The Bertz CT molecular complexity index is 442. The first-order chi connectivity index (χ1) is 8.11. The molecule has 0 bridgehead atoms. The molecule has 1 fully saturated rings. The van der Waals surface area contributed by atoms with Crippen LogP contribution in [0.1, 0.15) is 37.7 Å². The minimum atomic E-state index is 0.0766. The lowest BCUT2D eigenvalue weighted by atomic mass is 9.77. The largest absolute Gasteiger partial charge is 0.508 e. The number of hydrogen-bond acceptors (Lipinski definition) is 4. The van der Waals surface area contributed by atoms with Crippen LogP contribution in [0.5, 0.6) is 11.5 Å². The lowest BCUT2D eigenvalue weighted by molar-refractivity contribution is 0.307. The lowest BCUT2D eigenvalue weighted by Crippen LogP contribution is -2.21. The van der Waals surface area contributed by atoms with Gasteiger partial charge in [0.15, 0.2) is 0 Å². The number of rotatable bonds is 1. The van der Waals surface area contributed by atoms with Gasteiger partial charge in [-0.25, -0.2) is 0 Å². The van der Waals surface area contributed by atoms with Gasteiger partial charge < -0.3 is 15.4 Å². The van der Waals surface area contributed by atoms with Gasteiger partial charge in [-0.15, -0.1) is 0 Å². The van der Waals surface area contributed by atoms with Gasteiger partial charge in [0.2, 0.25) is 0 Å². The number of aromatic hydroxyl groups is 2. The molecule has 1 saturated carbocycles. The monoisotopic (exact) mass is 235 g/mol. The highest BCUT2D eigenvalue weighted by Crippen LogP contribution is 2.39. The van der Waals surface area contributed by atoms with E-state index in [1.54, 1.807) is 12.1 Å². The zero-order chi connectivity index (χ0) is 12.4. The average Bonchev–Trinajstić information content (AvgIpc) is 2.29. The summed E-state index contributed by atoms with van der Waals surface area (Å²) in [6.45, 7) is 2.03. The van der Waals surface area contributed by atoms with Gasteiger partial charge in [0.25, 0.3) is 0 Å². The average molecular weight is 235 g/mol. The van der Waals surface area contributed by atoms with Crippen molar-refractivity contribution in [2.75, 3.05) is 0 Å². The van der Waals surface area contributed by atoms with Crippen LogP contribution in [0.15, 0.2) is 23.4 Å². The van der Waals surface area contributed by atoms with E-state index in [1.807, 2.05) is 6.92 Å². The third kappa shape index (κ3) is 2.35. The molecule has 2 atom stereocenters. The summed E-state index contributed by atoms with van der Waals surface area (Å²) in [4.78, 5) is 0. The third-order valence-corrected chi connectivity index (χ3v) is 3.54. The maximum atomic E-state index is 9.81. The van der Waals surface area contributed by atoms with Gasteiger partial charge >= 0.3 is 0 Å². The lowest BCUT2D eigenvalue weighted by Gasteiger charge is -2.28. The van der Waals surface area contributed by atoms with E-state index in [0.29, 0.717) is 0 Å². The van der Waals surface area contributed by atoms with Crippen LogP contribution in [0.4, 0.5) is 0 Å². The fourth-order valence-corrected chi connectivity index (χ4v) is 2.56. The quantitative estimate of drug-likeness (QED) is 0.517. The van der Waals surface area contributed by atoms with Gasteiger partial charge in [-0.05, 0) is 42.7 Å². The van der Waals surface area contributed by atoms with Crippen molar-refractivity contribution in [2.45, 2.75) is 32.1 Å². The first kappa shape index (κ1) is 11.8. The molecule has 0 radical (unpaired) electrons. The second-order valence-corrected chi connectivity index (χ2v) is 4.71. The summed E-state index contributed by atoms with van der Waals surface area (Å²) in [7, 11) is 0. The van der Waals surface area contributed by atoms with Crippen LogP contribution in [0, 0.1) is 5.92 Å². The van der Waals surface area contributed by atoms with Crippen molar-refractivity contribution in [1.82, 2.24) is 0 Å². The van der Waals surface area contributed by atoms with Gasteiger partial charge in [0.05, 0.1) is 5.71 Å². The Hall–Kier alpha value is -1.71. The third-order valence-electron chi connectivity index (χ3n) is 3.54. The zero-order valence-corrected chi connectivity index (χ0v) is 9.80. The van der Waals surface area contributed by atoms with Crippen LogP contribution in [0.25, 0.3) is 0 Å². The summed E-state index contributed by atoms with van der Waals surface area (Å²) in [5.74, 6) is 0.711. The van der Waals surface area contributed by atoms with Crippen LogP contribution < -0.4 is 0 Å². The molecule has 0 amide bonds. The maximum absolute atomic E-state index is 9.81. The maximum Gasteiger partial charge on any atom is 0.122 e. The second kappa shape index (κ2) is 4.65. The van der Waals surface area contributed by atoms with Crippen molar-refractivity contribution < 1.29 is 15.4 Å². The second-order valence-electron chi connectivity index (χ2n) is 4.71. The molecule has 0 aliphatic heterocycles. The molecule has 2 unspecified atom stereocenters. The molecule has 1 aromatic carbocycles. The van der Waals surface area contributed by atoms with Crippen molar-refractivity contribution in [1.29, 1.82) is 0 Å². The molecule has 1 aliphatic carbocycles. The van der Waals surface area contributed by atoms with Crippen LogP contribution in [-0.2, 0) is 0 Å². The Kier molecular flexibility index (Phi) is 3.22. The van der Waals surface area contributed by atoms with E-state index in [1.165, 1.54) is 6.07 Å². The van der Waals surface area contributed by atoms with Crippen molar-refractivity contribution in [2.24, 2.45) is 11.1 Å². The molecule has 92 valence electrons. The van der Waals surface area contributed by atoms with Gasteiger partial charge in [0.1, 0.15) is 11.5 Å². The molecule has 0 heterocycles. The molecular formula is C13H17NO3. The van der Waals surface area contributed by atoms with E-state index in [4.69, 9.17) is 5.21 Å². The van der Waals surface area contributed by atoms with E-state index in [9.17, 15) is 10.2 Å². The predicted molar refractivity (Wildman–Crippen MR) is 64.7 cm³/mol. The topological polar surface area (TPSA) is 73.0 Å². The normalized spacial score (nSPS) is 27.2. The molecule has 17 heavy (non-hydrogen) atoms. The number of phenolic OH excluding ortho intramolecular Hbond substituents is 2. The highest BCUT2D eigenvalue weighted by molar-refractivity contribution is 5.86. The summed E-state index contributed by atoms with van der Waals surface area (Å²) < 4.78 is 0. The van der Waals surface area contributed by atoms with Gasteiger partial charge in [-0.1, -0.05) is 18.1 Å². The highest BCUT2D eigenvalue weighted by atomic mass is 16.4. The summed E-state index contributed by atoms with van der Waals surface area (Å²) >= 11 is 0. The van der Waals surface area contributed by atoms with E-state index < -0.39 is 0 Å². The molecule has 1 aliphatic rings. The zero-order valence-electron chi connectivity index (χ0n) is 9.80. The SMILES string of the molecule is CC1CC(c2ccc(O)cc2O)CC/C1=N/O. The van der Waals surface area contributed by atoms with E-state index in [0.717, 1.165) is 30.5 Å². The van der Waals surface area contributed by atoms with E-state index >= 15 is 0 Å². The Morgan fingerprint density at radius 1 is 1.29 bits per heavy atom. The molecule has 4 nitrogen and oxygen atoms in total. The number of oxime groups is 1. The molecule has 4 heteroatoms. The van der Waals surface area contributed by atoms with Crippen LogP contribution >= 0.6 is 0 Å². The highest BCUT2D eigenvalue weighted by Gasteiger charge is 2.27. The van der Waals surface area contributed by atoms with Gasteiger partial charge in [0, 0.05) is 6.07 Å². The Balaban J connectivity index is 2.19. The van der Waals surface area contributed by atoms with Gasteiger partial charge in [-0.2, -0.15) is 0 Å². The first-order valence-corrected chi connectivity index (χ1v) is 5.84. The molecule has 3 N–H and O–H groups in total. The van der Waals surface area contributed by atoms with Crippen LogP contribution in [0.2, 0.25) is 0 Å². The molecule has 2 rings (SSSR count). The number of nitrogens with zero attached hydrogens (tertiary/aromatic N) is 1. The molecule has 1 aromatic rings. The minimum absolute atomic E-state index is 0.0766. The number of hydrogen-bond donors (Lipinski definition) is 3. The summed E-state index contributed by atoms with van der Waals surface area (Å²) in [5, 5.41) is 31.2.